The maximum absolute atomic E-state index is 6.16. The van der Waals surface area contributed by atoms with E-state index in [0.717, 1.165) is 68.5 Å². The van der Waals surface area contributed by atoms with Crippen LogP contribution in [0, 0.1) is 0 Å². The Bertz CT molecular complexity index is 438. The number of hydrogen-bond acceptors (Lipinski definition) is 2. The smallest absolute Gasteiger partial charge is 0.191 e. The van der Waals surface area contributed by atoms with Gasteiger partial charge in [0.25, 0.3) is 0 Å². The van der Waals surface area contributed by atoms with Crippen LogP contribution < -0.4 is 10.6 Å². The Morgan fingerprint density at radius 3 is 2.73 bits per heavy atom. The first-order valence-corrected chi connectivity index (χ1v) is 8.40. The van der Waals surface area contributed by atoms with E-state index in [1.54, 1.807) is 7.11 Å². The minimum Gasteiger partial charge on any atom is -0.385 e. The molecule has 124 valence electrons. The summed E-state index contributed by atoms with van der Waals surface area (Å²) in [5.41, 5.74) is 1.16. The minimum atomic E-state index is 0.819. The number of hydrogen-bond donors (Lipinski definition) is 2. The molecule has 0 bridgehead atoms. The summed E-state index contributed by atoms with van der Waals surface area (Å²) in [6, 6.07) is 7.95. The number of nitrogens with one attached hydrogen (secondary N) is 2. The third kappa shape index (κ3) is 8.25. The van der Waals surface area contributed by atoms with Gasteiger partial charge in [-0.25, -0.2) is 0 Å². The predicted octanol–water partition coefficient (Wildman–Crippen LogP) is 3.25. The highest BCUT2D eigenvalue weighted by Crippen LogP contribution is 2.14. The number of guanidine groups is 1. The van der Waals surface area contributed by atoms with Gasteiger partial charge in [-0.2, -0.15) is 0 Å². The summed E-state index contributed by atoms with van der Waals surface area (Å²) in [5.74, 6) is 0.876. The Kier molecular flexibility index (Phi) is 10.5. The molecule has 1 aromatic carbocycles. The molecule has 0 saturated carbocycles. The Hall–Kier alpha value is -1.26. The molecule has 0 fully saturated rings. The van der Waals surface area contributed by atoms with E-state index in [9.17, 15) is 0 Å². The number of ether oxygens (including phenoxy) is 1. The molecule has 2 N–H and O–H groups in total. The zero-order valence-electron chi connectivity index (χ0n) is 13.7. The summed E-state index contributed by atoms with van der Waals surface area (Å²) in [6.07, 6.45) is 4.22. The van der Waals surface area contributed by atoms with E-state index < -0.39 is 0 Å². The molecular weight excluding hydrogens is 298 g/mol. The van der Waals surface area contributed by atoms with E-state index in [1.165, 1.54) is 0 Å². The Balaban J connectivity index is 2.29. The number of nitrogens with zero attached hydrogens (tertiary/aromatic N) is 1. The molecule has 1 aromatic rings. The van der Waals surface area contributed by atoms with Gasteiger partial charge in [0, 0.05) is 38.4 Å². The highest BCUT2D eigenvalue weighted by atomic mass is 35.5. The van der Waals surface area contributed by atoms with Crippen molar-refractivity contribution < 1.29 is 4.74 Å². The molecule has 0 radical (unpaired) electrons. The highest BCUT2D eigenvalue weighted by molar-refractivity contribution is 6.31. The van der Waals surface area contributed by atoms with Crippen molar-refractivity contribution >= 4 is 17.6 Å². The monoisotopic (exact) mass is 325 g/mol. The highest BCUT2D eigenvalue weighted by Gasteiger charge is 2.00. The lowest BCUT2D eigenvalue weighted by molar-refractivity contribution is 0.192. The summed E-state index contributed by atoms with van der Waals surface area (Å²) >= 11 is 6.16. The number of unbranched alkanes of at least 4 members (excludes halogenated alkanes) is 2. The molecular formula is C17H28ClN3O. The molecule has 0 aliphatic rings. The summed E-state index contributed by atoms with van der Waals surface area (Å²) in [6.45, 7) is 5.43. The maximum Gasteiger partial charge on any atom is 0.191 e. The summed E-state index contributed by atoms with van der Waals surface area (Å²) < 4.78 is 5.04. The van der Waals surface area contributed by atoms with Gasteiger partial charge >= 0.3 is 0 Å². The van der Waals surface area contributed by atoms with Crippen LogP contribution in [0.1, 0.15) is 31.7 Å². The Morgan fingerprint density at radius 1 is 1.18 bits per heavy atom. The van der Waals surface area contributed by atoms with E-state index in [1.807, 2.05) is 18.2 Å². The molecule has 0 aliphatic heterocycles. The van der Waals surface area contributed by atoms with Crippen molar-refractivity contribution in [2.45, 2.75) is 32.6 Å². The van der Waals surface area contributed by atoms with Crippen LogP contribution in [-0.4, -0.2) is 39.3 Å². The lowest BCUT2D eigenvalue weighted by Gasteiger charge is -2.11. The van der Waals surface area contributed by atoms with Gasteiger partial charge in [-0.1, -0.05) is 29.8 Å². The fourth-order valence-corrected chi connectivity index (χ4v) is 2.31. The average Bonchev–Trinajstić information content (AvgIpc) is 2.52. The van der Waals surface area contributed by atoms with Gasteiger partial charge in [0.05, 0.1) is 0 Å². The van der Waals surface area contributed by atoms with Crippen molar-refractivity contribution in [3.05, 3.63) is 34.9 Å². The van der Waals surface area contributed by atoms with Crippen molar-refractivity contribution in [3.63, 3.8) is 0 Å². The molecule has 0 aliphatic carbocycles. The van der Waals surface area contributed by atoms with Crippen LogP contribution in [0.3, 0.4) is 0 Å². The molecule has 4 nitrogen and oxygen atoms in total. The number of benzene rings is 1. The molecule has 5 heteroatoms. The van der Waals surface area contributed by atoms with Gasteiger partial charge in [-0.05, 0) is 44.2 Å². The lowest BCUT2D eigenvalue weighted by Crippen LogP contribution is -2.38. The Morgan fingerprint density at radius 2 is 2.00 bits per heavy atom. The van der Waals surface area contributed by atoms with Crippen LogP contribution in [-0.2, 0) is 11.2 Å². The number of rotatable bonds is 10. The number of aliphatic imine (C=N–C) groups is 1. The third-order valence-electron chi connectivity index (χ3n) is 3.27. The van der Waals surface area contributed by atoms with Gasteiger partial charge in [0.15, 0.2) is 5.96 Å². The van der Waals surface area contributed by atoms with E-state index in [4.69, 9.17) is 16.3 Å². The topological polar surface area (TPSA) is 45.7 Å². The van der Waals surface area contributed by atoms with Crippen LogP contribution >= 0.6 is 11.6 Å². The van der Waals surface area contributed by atoms with E-state index in [2.05, 4.69) is 28.6 Å². The molecule has 0 heterocycles. The second-order valence-corrected chi connectivity index (χ2v) is 5.49. The molecule has 0 aromatic heterocycles. The van der Waals surface area contributed by atoms with Gasteiger partial charge < -0.3 is 15.4 Å². The third-order valence-corrected chi connectivity index (χ3v) is 3.63. The van der Waals surface area contributed by atoms with E-state index >= 15 is 0 Å². The standard InChI is InChI=1S/C17H28ClN3O/c1-3-19-17(20-12-7-4-8-14-22-2)21-13-11-15-9-5-6-10-16(15)18/h5-6,9-10H,3-4,7-8,11-14H2,1-2H3,(H2,19,20,21). The van der Waals surface area contributed by atoms with Crippen molar-refractivity contribution in [2.24, 2.45) is 4.99 Å². The van der Waals surface area contributed by atoms with E-state index in [0.29, 0.717) is 0 Å². The molecule has 0 saturated heterocycles. The first-order valence-electron chi connectivity index (χ1n) is 8.02. The van der Waals surface area contributed by atoms with Crippen LogP contribution in [0.4, 0.5) is 0 Å². The normalized spacial score (nSPS) is 11.5. The lowest BCUT2D eigenvalue weighted by atomic mass is 10.1. The first kappa shape index (κ1) is 18.8. The second kappa shape index (κ2) is 12.3. The van der Waals surface area contributed by atoms with Crippen LogP contribution in [0.25, 0.3) is 0 Å². The molecule has 0 amide bonds. The molecule has 0 atom stereocenters. The SMILES string of the molecule is CCNC(=NCCCCCOC)NCCc1ccccc1Cl. The summed E-state index contributed by atoms with van der Waals surface area (Å²) in [4.78, 5) is 4.59. The van der Waals surface area contributed by atoms with Gasteiger partial charge in [-0.15, -0.1) is 0 Å². The quantitative estimate of drug-likeness (QED) is 0.394. The molecule has 1 rings (SSSR count). The van der Waals surface area contributed by atoms with E-state index in [-0.39, 0.29) is 0 Å². The summed E-state index contributed by atoms with van der Waals surface area (Å²) in [7, 11) is 1.74. The van der Waals surface area contributed by atoms with Crippen LogP contribution in [0.2, 0.25) is 5.02 Å². The summed E-state index contributed by atoms with van der Waals surface area (Å²) in [5, 5.41) is 7.44. The van der Waals surface area contributed by atoms with Crippen molar-refractivity contribution in [1.82, 2.24) is 10.6 Å². The zero-order valence-corrected chi connectivity index (χ0v) is 14.5. The number of methoxy groups -OCH3 is 1. The van der Waals surface area contributed by atoms with Gasteiger partial charge in [0.2, 0.25) is 0 Å². The van der Waals surface area contributed by atoms with Crippen LogP contribution in [0.15, 0.2) is 29.3 Å². The second-order valence-electron chi connectivity index (χ2n) is 5.08. The molecule has 0 spiro atoms. The Labute approximate surface area is 139 Å². The molecule has 22 heavy (non-hydrogen) atoms. The zero-order chi connectivity index (χ0) is 16.0. The predicted molar refractivity (Wildman–Crippen MR) is 94.9 cm³/mol. The minimum absolute atomic E-state index is 0.819. The largest absolute Gasteiger partial charge is 0.385 e. The fourth-order valence-electron chi connectivity index (χ4n) is 2.08. The van der Waals surface area contributed by atoms with Crippen molar-refractivity contribution in [3.8, 4) is 0 Å². The van der Waals surface area contributed by atoms with Crippen molar-refractivity contribution in [2.75, 3.05) is 33.4 Å². The fraction of sp³-hybridized carbons (Fsp3) is 0.588. The maximum atomic E-state index is 6.16. The van der Waals surface area contributed by atoms with Gasteiger partial charge in [-0.3, -0.25) is 4.99 Å². The van der Waals surface area contributed by atoms with Crippen molar-refractivity contribution in [1.29, 1.82) is 0 Å². The molecule has 0 unspecified atom stereocenters. The van der Waals surface area contributed by atoms with Crippen LogP contribution in [0.5, 0.6) is 0 Å². The van der Waals surface area contributed by atoms with Gasteiger partial charge in [0.1, 0.15) is 0 Å². The average molecular weight is 326 g/mol. The first-order chi connectivity index (χ1) is 10.8. The number of halogens is 1.